The summed E-state index contributed by atoms with van der Waals surface area (Å²) in [4.78, 5) is 25.0. The Bertz CT molecular complexity index is 1360. The van der Waals surface area contributed by atoms with Crippen LogP contribution in [0.15, 0.2) is 51.2 Å². The summed E-state index contributed by atoms with van der Waals surface area (Å²) in [6.45, 7) is -0.479. The summed E-state index contributed by atoms with van der Waals surface area (Å²) in [5.41, 5.74) is 0.774. The van der Waals surface area contributed by atoms with Crippen LogP contribution in [0, 0.1) is 5.82 Å². The summed E-state index contributed by atoms with van der Waals surface area (Å²) in [7, 11) is 0. The van der Waals surface area contributed by atoms with Gasteiger partial charge in [-0.3, -0.25) is 4.57 Å². The lowest BCUT2D eigenvalue weighted by Crippen LogP contribution is -2.33. The Labute approximate surface area is 183 Å². The largest absolute Gasteiger partial charge is 0.423 e. The monoisotopic (exact) mass is 460 g/mol. The summed E-state index contributed by atoms with van der Waals surface area (Å²) in [5.74, 6) is -0.324. The van der Waals surface area contributed by atoms with E-state index < -0.39 is 42.6 Å². The van der Waals surface area contributed by atoms with Crippen LogP contribution in [-0.2, 0) is 10.5 Å². The zero-order valence-corrected chi connectivity index (χ0v) is 17.1. The summed E-state index contributed by atoms with van der Waals surface area (Å²) >= 11 is 1.15. The highest BCUT2D eigenvalue weighted by Gasteiger charge is 2.44. The fraction of sp³-hybridized carbons (Fsp3) is 0.300. The standard InChI is InChI=1S/C20H17FN4O6S/c21-11-1-2-13-9(4-11)3-10(19(29)31-13)7-32-20-24-12-5-22-8-23-17(12)25(20)18-16(28)15(27)14(6-26)30-18/h1-5,8,14-16,18,26-28H,6-7H2/t14-,15-,16-,18-/m1/s1. The number of aliphatic hydroxyl groups is 3. The molecule has 1 fully saturated rings. The molecule has 4 heterocycles. The smallest absolute Gasteiger partial charge is 0.340 e. The molecule has 0 unspecified atom stereocenters. The molecule has 4 aromatic rings. The van der Waals surface area contributed by atoms with Crippen LogP contribution < -0.4 is 5.63 Å². The van der Waals surface area contributed by atoms with Gasteiger partial charge in [-0.25, -0.2) is 24.1 Å². The zero-order chi connectivity index (χ0) is 22.4. The molecule has 1 aromatic carbocycles. The lowest BCUT2D eigenvalue weighted by molar-refractivity contribution is -0.0548. The van der Waals surface area contributed by atoms with Crippen LogP contribution in [0.25, 0.3) is 22.1 Å². The molecule has 1 saturated heterocycles. The molecule has 3 aromatic heterocycles. The maximum atomic E-state index is 13.6. The minimum Gasteiger partial charge on any atom is -0.423 e. The Morgan fingerprint density at radius 1 is 1.22 bits per heavy atom. The first kappa shape index (κ1) is 21.0. The van der Waals surface area contributed by atoms with Gasteiger partial charge in [0.25, 0.3) is 0 Å². The minimum atomic E-state index is -1.34. The highest BCUT2D eigenvalue weighted by molar-refractivity contribution is 7.98. The molecular weight excluding hydrogens is 443 g/mol. The van der Waals surface area contributed by atoms with Crippen molar-refractivity contribution in [2.24, 2.45) is 0 Å². The number of imidazole rings is 1. The summed E-state index contributed by atoms with van der Waals surface area (Å²) < 4.78 is 26.0. The minimum absolute atomic E-state index is 0.125. The number of nitrogens with zero attached hydrogens (tertiary/aromatic N) is 4. The highest BCUT2D eigenvalue weighted by atomic mass is 32.2. The molecule has 12 heteroatoms. The van der Waals surface area contributed by atoms with Crippen molar-refractivity contribution < 1.29 is 28.9 Å². The van der Waals surface area contributed by atoms with Gasteiger partial charge in [0, 0.05) is 16.7 Å². The number of aromatic nitrogens is 4. The molecule has 0 amide bonds. The Morgan fingerprint density at radius 3 is 2.84 bits per heavy atom. The second kappa shape index (κ2) is 8.22. The quantitative estimate of drug-likeness (QED) is 0.291. The van der Waals surface area contributed by atoms with E-state index in [1.165, 1.54) is 35.3 Å². The van der Waals surface area contributed by atoms with E-state index in [-0.39, 0.29) is 11.3 Å². The zero-order valence-electron chi connectivity index (χ0n) is 16.3. The van der Waals surface area contributed by atoms with Crippen molar-refractivity contribution >= 4 is 33.9 Å². The van der Waals surface area contributed by atoms with Gasteiger partial charge in [0.1, 0.15) is 41.6 Å². The second-order valence-corrected chi connectivity index (χ2v) is 8.20. The highest BCUT2D eigenvalue weighted by Crippen LogP contribution is 2.36. The lowest BCUT2D eigenvalue weighted by atomic mass is 10.1. The van der Waals surface area contributed by atoms with Gasteiger partial charge >= 0.3 is 5.63 Å². The number of hydrogen-bond acceptors (Lipinski definition) is 10. The summed E-state index contributed by atoms with van der Waals surface area (Å²) in [6, 6.07) is 5.43. The van der Waals surface area contributed by atoms with Crippen LogP contribution in [0.5, 0.6) is 0 Å². The number of halogens is 1. The third-order valence-corrected chi connectivity index (χ3v) is 6.22. The van der Waals surface area contributed by atoms with Crippen LogP contribution in [0.2, 0.25) is 0 Å². The van der Waals surface area contributed by atoms with Gasteiger partial charge in [-0.15, -0.1) is 0 Å². The van der Waals surface area contributed by atoms with E-state index in [0.29, 0.717) is 27.3 Å². The van der Waals surface area contributed by atoms with Crippen LogP contribution >= 0.6 is 11.8 Å². The molecule has 0 radical (unpaired) electrons. The third-order valence-electron chi connectivity index (χ3n) is 5.22. The van der Waals surface area contributed by atoms with Gasteiger partial charge in [-0.05, 0) is 24.3 Å². The molecule has 0 aliphatic carbocycles. The van der Waals surface area contributed by atoms with Gasteiger partial charge in [-0.2, -0.15) is 0 Å². The molecule has 0 bridgehead atoms. The first-order valence-electron chi connectivity index (χ1n) is 9.61. The SMILES string of the molecule is O=c1oc2ccc(F)cc2cc1CSc1nc2cncnc2n1[C@@H]1O[C@H](CO)[C@@H](O)[C@H]1O. The van der Waals surface area contributed by atoms with E-state index in [0.717, 1.165) is 11.8 Å². The lowest BCUT2D eigenvalue weighted by Gasteiger charge is -2.19. The van der Waals surface area contributed by atoms with E-state index in [1.54, 1.807) is 6.07 Å². The van der Waals surface area contributed by atoms with Crippen molar-refractivity contribution in [1.82, 2.24) is 19.5 Å². The van der Waals surface area contributed by atoms with Gasteiger partial charge in [0.05, 0.1) is 12.8 Å². The number of thioether (sulfide) groups is 1. The number of aliphatic hydroxyl groups excluding tert-OH is 3. The molecule has 1 aliphatic heterocycles. The Kier molecular flexibility index (Phi) is 5.39. The molecular formula is C20H17FN4O6S. The summed E-state index contributed by atoms with van der Waals surface area (Å²) in [5, 5.41) is 30.9. The average Bonchev–Trinajstić information content (AvgIpc) is 3.29. The molecule has 32 heavy (non-hydrogen) atoms. The van der Waals surface area contributed by atoms with E-state index >= 15 is 0 Å². The topological polar surface area (TPSA) is 144 Å². The Balaban J connectivity index is 1.52. The first-order chi connectivity index (χ1) is 15.5. The maximum Gasteiger partial charge on any atom is 0.340 e. The predicted molar refractivity (Wildman–Crippen MR) is 110 cm³/mol. The van der Waals surface area contributed by atoms with Crippen molar-refractivity contribution in [3.05, 3.63) is 58.6 Å². The second-order valence-electron chi connectivity index (χ2n) is 7.25. The van der Waals surface area contributed by atoms with Crippen molar-refractivity contribution in [3.8, 4) is 0 Å². The van der Waals surface area contributed by atoms with Gasteiger partial charge in [0.15, 0.2) is 17.0 Å². The van der Waals surface area contributed by atoms with Crippen molar-refractivity contribution in [2.75, 3.05) is 6.61 Å². The van der Waals surface area contributed by atoms with Crippen LogP contribution in [0.3, 0.4) is 0 Å². The third kappa shape index (κ3) is 3.55. The van der Waals surface area contributed by atoms with Crippen molar-refractivity contribution in [1.29, 1.82) is 0 Å². The van der Waals surface area contributed by atoms with E-state index in [9.17, 15) is 24.5 Å². The normalized spacial score (nSPS) is 23.4. The molecule has 10 nitrogen and oxygen atoms in total. The van der Waals surface area contributed by atoms with E-state index in [2.05, 4.69) is 15.0 Å². The van der Waals surface area contributed by atoms with E-state index in [4.69, 9.17) is 9.15 Å². The van der Waals surface area contributed by atoms with Crippen LogP contribution in [0.4, 0.5) is 4.39 Å². The maximum absolute atomic E-state index is 13.6. The summed E-state index contributed by atoms with van der Waals surface area (Å²) in [6.07, 6.45) is -1.89. The molecule has 4 atom stereocenters. The number of ether oxygens (including phenoxy) is 1. The molecule has 5 rings (SSSR count). The number of benzene rings is 1. The molecule has 166 valence electrons. The fourth-order valence-corrected chi connectivity index (χ4v) is 4.61. The van der Waals surface area contributed by atoms with Gasteiger partial charge in [0.2, 0.25) is 0 Å². The van der Waals surface area contributed by atoms with Crippen molar-refractivity contribution in [2.45, 2.75) is 35.4 Å². The number of hydrogen-bond donors (Lipinski definition) is 3. The Hall–Kier alpha value is -2.90. The van der Waals surface area contributed by atoms with Crippen molar-refractivity contribution in [3.63, 3.8) is 0 Å². The molecule has 1 aliphatic rings. The average molecular weight is 460 g/mol. The van der Waals surface area contributed by atoms with Gasteiger partial charge < -0.3 is 24.5 Å². The Morgan fingerprint density at radius 2 is 2.06 bits per heavy atom. The van der Waals surface area contributed by atoms with Gasteiger partial charge in [-0.1, -0.05) is 11.8 Å². The molecule has 0 spiro atoms. The van der Waals surface area contributed by atoms with Crippen LogP contribution in [0.1, 0.15) is 11.8 Å². The van der Waals surface area contributed by atoms with Crippen LogP contribution in [-0.4, -0.2) is 59.8 Å². The predicted octanol–water partition coefficient (Wildman–Crippen LogP) is 0.976. The van der Waals surface area contributed by atoms with E-state index in [1.807, 2.05) is 0 Å². The number of fused-ring (bicyclic) bond motifs is 2. The molecule has 3 N–H and O–H groups in total. The fourth-order valence-electron chi connectivity index (χ4n) is 3.63. The molecule has 0 saturated carbocycles. The first-order valence-corrected chi connectivity index (χ1v) is 10.6. The number of rotatable bonds is 5.